The zero-order valence-corrected chi connectivity index (χ0v) is 9.26. The number of methoxy groups -OCH3 is 1. The van der Waals surface area contributed by atoms with Gasteiger partial charge in [0, 0.05) is 12.7 Å². The van der Waals surface area contributed by atoms with E-state index in [4.69, 9.17) is 4.74 Å². The van der Waals surface area contributed by atoms with Crippen molar-refractivity contribution >= 4 is 5.69 Å². The van der Waals surface area contributed by atoms with Crippen LogP contribution in [0.3, 0.4) is 0 Å². The standard InChI is InChI=1S/C12H19NO/c1-4-5-6-10-9-11(14-3)7-8-12(10)13-2/h7-9,13H,4-6H2,1-3H3. The molecule has 0 saturated heterocycles. The number of hydrogen-bond acceptors (Lipinski definition) is 2. The van der Waals surface area contributed by atoms with E-state index >= 15 is 0 Å². The van der Waals surface area contributed by atoms with Gasteiger partial charge in [-0.1, -0.05) is 13.3 Å². The summed E-state index contributed by atoms with van der Waals surface area (Å²) in [6, 6.07) is 6.17. The van der Waals surface area contributed by atoms with Gasteiger partial charge < -0.3 is 10.1 Å². The summed E-state index contributed by atoms with van der Waals surface area (Å²) in [5, 5.41) is 3.20. The van der Waals surface area contributed by atoms with Crippen LogP contribution in [0.25, 0.3) is 0 Å². The van der Waals surface area contributed by atoms with Crippen LogP contribution >= 0.6 is 0 Å². The van der Waals surface area contributed by atoms with E-state index in [9.17, 15) is 0 Å². The number of aryl methyl sites for hydroxylation is 1. The van der Waals surface area contributed by atoms with E-state index in [1.54, 1.807) is 7.11 Å². The lowest BCUT2D eigenvalue weighted by Gasteiger charge is -2.10. The van der Waals surface area contributed by atoms with Crippen molar-refractivity contribution in [2.45, 2.75) is 26.2 Å². The third-order valence-electron chi connectivity index (χ3n) is 2.38. The molecule has 0 fully saturated rings. The van der Waals surface area contributed by atoms with Gasteiger partial charge in [-0.15, -0.1) is 0 Å². The van der Waals surface area contributed by atoms with Crippen LogP contribution in [0.15, 0.2) is 18.2 Å². The van der Waals surface area contributed by atoms with Crippen molar-refractivity contribution in [2.24, 2.45) is 0 Å². The second-order valence-corrected chi connectivity index (χ2v) is 3.38. The van der Waals surface area contributed by atoms with Crippen molar-refractivity contribution in [1.29, 1.82) is 0 Å². The number of benzene rings is 1. The molecule has 0 atom stereocenters. The van der Waals surface area contributed by atoms with Crippen LogP contribution in [0.4, 0.5) is 5.69 Å². The first-order chi connectivity index (χ1) is 6.81. The molecule has 1 N–H and O–H groups in total. The van der Waals surface area contributed by atoms with Gasteiger partial charge in [-0.25, -0.2) is 0 Å². The SMILES string of the molecule is CCCCc1cc(OC)ccc1NC. The van der Waals surface area contributed by atoms with Gasteiger partial charge in [-0.05, 0) is 36.6 Å². The van der Waals surface area contributed by atoms with Gasteiger partial charge in [0.1, 0.15) is 5.75 Å². The second-order valence-electron chi connectivity index (χ2n) is 3.38. The van der Waals surface area contributed by atoms with Gasteiger partial charge in [0.25, 0.3) is 0 Å². The van der Waals surface area contributed by atoms with Crippen molar-refractivity contribution in [3.05, 3.63) is 23.8 Å². The highest BCUT2D eigenvalue weighted by atomic mass is 16.5. The molecule has 0 saturated carbocycles. The average molecular weight is 193 g/mol. The number of nitrogens with one attached hydrogen (secondary N) is 1. The number of hydrogen-bond donors (Lipinski definition) is 1. The van der Waals surface area contributed by atoms with Crippen molar-refractivity contribution in [2.75, 3.05) is 19.5 Å². The molecule has 0 spiro atoms. The third-order valence-corrected chi connectivity index (χ3v) is 2.38. The lowest BCUT2D eigenvalue weighted by Crippen LogP contribution is -1.96. The highest BCUT2D eigenvalue weighted by Gasteiger charge is 2.02. The first-order valence-electron chi connectivity index (χ1n) is 5.16. The monoisotopic (exact) mass is 193 g/mol. The van der Waals surface area contributed by atoms with E-state index in [1.807, 2.05) is 13.1 Å². The Labute approximate surface area is 86.3 Å². The molecule has 2 nitrogen and oxygen atoms in total. The minimum absolute atomic E-state index is 0.940. The number of anilines is 1. The van der Waals surface area contributed by atoms with E-state index in [1.165, 1.54) is 24.1 Å². The molecule has 14 heavy (non-hydrogen) atoms. The molecule has 1 rings (SSSR count). The molecular formula is C12H19NO. The van der Waals surface area contributed by atoms with Gasteiger partial charge in [-0.3, -0.25) is 0 Å². The van der Waals surface area contributed by atoms with Gasteiger partial charge in [0.15, 0.2) is 0 Å². The molecule has 0 aliphatic carbocycles. The van der Waals surface area contributed by atoms with Crippen molar-refractivity contribution in [3.8, 4) is 5.75 Å². The summed E-state index contributed by atoms with van der Waals surface area (Å²) in [4.78, 5) is 0. The molecule has 0 amide bonds. The molecule has 1 aromatic rings. The topological polar surface area (TPSA) is 21.3 Å². The average Bonchev–Trinajstić information content (AvgIpc) is 2.25. The Morgan fingerprint density at radius 1 is 1.36 bits per heavy atom. The Kier molecular flexibility index (Phi) is 4.30. The third kappa shape index (κ3) is 2.66. The fourth-order valence-electron chi connectivity index (χ4n) is 1.52. The molecule has 0 aromatic heterocycles. The van der Waals surface area contributed by atoms with Gasteiger partial charge in [-0.2, -0.15) is 0 Å². The van der Waals surface area contributed by atoms with E-state index in [0.29, 0.717) is 0 Å². The predicted molar refractivity (Wildman–Crippen MR) is 61.2 cm³/mol. The summed E-state index contributed by atoms with van der Waals surface area (Å²) >= 11 is 0. The summed E-state index contributed by atoms with van der Waals surface area (Å²) in [7, 11) is 3.66. The van der Waals surface area contributed by atoms with Crippen LogP contribution in [-0.4, -0.2) is 14.2 Å². The molecule has 0 bridgehead atoms. The molecular weight excluding hydrogens is 174 g/mol. The van der Waals surface area contributed by atoms with E-state index in [0.717, 1.165) is 12.2 Å². The highest BCUT2D eigenvalue weighted by molar-refractivity contribution is 5.53. The molecule has 2 heteroatoms. The number of rotatable bonds is 5. The van der Waals surface area contributed by atoms with Gasteiger partial charge >= 0.3 is 0 Å². The molecule has 0 aliphatic heterocycles. The van der Waals surface area contributed by atoms with Crippen LogP contribution in [0.5, 0.6) is 5.75 Å². The summed E-state index contributed by atoms with van der Waals surface area (Å²) in [6.07, 6.45) is 3.56. The summed E-state index contributed by atoms with van der Waals surface area (Å²) in [5.74, 6) is 0.940. The smallest absolute Gasteiger partial charge is 0.119 e. The Bertz CT molecular complexity index is 284. The normalized spacial score (nSPS) is 9.93. The van der Waals surface area contributed by atoms with Crippen LogP contribution in [0, 0.1) is 0 Å². The highest BCUT2D eigenvalue weighted by Crippen LogP contribution is 2.23. The van der Waals surface area contributed by atoms with Crippen LogP contribution < -0.4 is 10.1 Å². The zero-order chi connectivity index (χ0) is 10.4. The molecule has 0 unspecified atom stereocenters. The first-order valence-corrected chi connectivity index (χ1v) is 5.16. The lowest BCUT2D eigenvalue weighted by atomic mass is 10.1. The summed E-state index contributed by atoms with van der Waals surface area (Å²) < 4.78 is 5.21. The van der Waals surface area contributed by atoms with Gasteiger partial charge in [0.05, 0.1) is 7.11 Å². The van der Waals surface area contributed by atoms with Crippen molar-refractivity contribution < 1.29 is 4.74 Å². The fraction of sp³-hybridized carbons (Fsp3) is 0.500. The van der Waals surface area contributed by atoms with Gasteiger partial charge in [0.2, 0.25) is 0 Å². The Morgan fingerprint density at radius 2 is 2.14 bits per heavy atom. The second kappa shape index (κ2) is 5.53. The first kappa shape index (κ1) is 10.9. The largest absolute Gasteiger partial charge is 0.497 e. The number of ether oxygens (including phenoxy) is 1. The van der Waals surface area contributed by atoms with E-state index in [2.05, 4.69) is 24.4 Å². The molecule has 0 radical (unpaired) electrons. The van der Waals surface area contributed by atoms with E-state index < -0.39 is 0 Å². The molecule has 0 aliphatic rings. The molecule has 0 heterocycles. The minimum atomic E-state index is 0.940. The Balaban J connectivity index is 2.84. The maximum atomic E-state index is 5.21. The van der Waals surface area contributed by atoms with Crippen LogP contribution in [0.2, 0.25) is 0 Å². The Hall–Kier alpha value is -1.18. The van der Waals surface area contributed by atoms with E-state index in [-0.39, 0.29) is 0 Å². The van der Waals surface area contributed by atoms with Crippen molar-refractivity contribution in [1.82, 2.24) is 0 Å². The summed E-state index contributed by atoms with van der Waals surface area (Å²) in [5.41, 5.74) is 2.55. The maximum Gasteiger partial charge on any atom is 0.119 e. The lowest BCUT2D eigenvalue weighted by molar-refractivity contribution is 0.414. The van der Waals surface area contributed by atoms with Crippen LogP contribution in [0.1, 0.15) is 25.3 Å². The van der Waals surface area contributed by atoms with Crippen LogP contribution in [-0.2, 0) is 6.42 Å². The number of unbranched alkanes of at least 4 members (excludes halogenated alkanes) is 1. The van der Waals surface area contributed by atoms with Crippen molar-refractivity contribution in [3.63, 3.8) is 0 Å². The fourth-order valence-corrected chi connectivity index (χ4v) is 1.52. The maximum absolute atomic E-state index is 5.21. The quantitative estimate of drug-likeness (QED) is 0.776. The summed E-state index contributed by atoms with van der Waals surface area (Å²) in [6.45, 7) is 2.21. The molecule has 1 aromatic carbocycles. The predicted octanol–water partition coefficient (Wildman–Crippen LogP) is 3.08. The Morgan fingerprint density at radius 3 is 2.71 bits per heavy atom. The zero-order valence-electron chi connectivity index (χ0n) is 9.26. The molecule has 78 valence electrons. The minimum Gasteiger partial charge on any atom is -0.497 e.